The smallest absolute Gasteiger partial charge is 0.326 e. The van der Waals surface area contributed by atoms with Gasteiger partial charge in [-0.1, -0.05) is 12.1 Å². The van der Waals surface area contributed by atoms with E-state index in [4.69, 9.17) is 11.5 Å². The molecule has 0 saturated heterocycles. The fourth-order valence-electron chi connectivity index (χ4n) is 3.88. The molecule has 0 aliphatic carbocycles. The average molecular weight is 578 g/mol. The first-order chi connectivity index (χ1) is 19.1. The second-order valence-corrected chi connectivity index (χ2v) is 10.3. The number of hydrogen-bond donors (Lipinski definition) is 8. The van der Waals surface area contributed by atoms with Crippen molar-refractivity contribution in [2.45, 2.75) is 62.7 Å². The van der Waals surface area contributed by atoms with Crippen LogP contribution in [0.15, 0.2) is 36.8 Å². The number of thioether (sulfide) groups is 1. The number of carboxylic acid groups (broad SMARTS) is 1. The van der Waals surface area contributed by atoms with E-state index in [-0.39, 0.29) is 31.4 Å². The van der Waals surface area contributed by atoms with Crippen LogP contribution in [0.5, 0.6) is 5.75 Å². The van der Waals surface area contributed by atoms with E-state index in [1.165, 1.54) is 36.4 Å². The SMILES string of the molecule is CSCCC(NC(=O)C(Cc1cnc[nH]1)NC(=O)C(N)Cc1ccc(O)cc1)C(=O)NC(CCCCN)C(=O)O. The van der Waals surface area contributed by atoms with Crippen LogP contribution in [0.4, 0.5) is 0 Å². The second kappa shape index (κ2) is 17.2. The molecule has 0 aliphatic rings. The zero-order chi connectivity index (χ0) is 29.5. The van der Waals surface area contributed by atoms with Crippen molar-refractivity contribution in [1.29, 1.82) is 0 Å². The van der Waals surface area contributed by atoms with Gasteiger partial charge in [-0.3, -0.25) is 14.4 Å². The van der Waals surface area contributed by atoms with E-state index in [0.717, 1.165) is 5.56 Å². The van der Waals surface area contributed by atoms with E-state index < -0.39 is 47.9 Å². The molecule has 1 aromatic carbocycles. The number of hydrogen-bond acceptors (Lipinski definition) is 9. The number of carbonyl (C=O) groups excluding carboxylic acids is 3. The summed E-state index contributed by atoms with van der Waals surface area (Å²) < 4.78 is 0. The number of carboxylic acids is 1. The van der Waals surface area contributed by atoms with Crippen LogP contribution in [-0.4, -0.2) is 86.6 Å². The molecular weight excluding hydrogens is 538 g/mol. The number of nitrogens with one attached hydrogen (secondary N) is 4. The normalized spacial score (nSPS) is 14.0. The van der Waals surface area contributed by atoms with Gasteiger partial charge in [-0.05, 0) is 68.4 Å². The first-order valence-electron chi connectivity index (χ1n) is 13.0. The maximum atomic E-state index is 13.4. The number of carbonyl (C=O) groups is 4. The van der Waals surface area contributed by atoms with Gasteiger partial charge >= 0.3 is 5.97 Å². The number of amides is 3. The zero-order valence-corrected chi connectivity index (χ0v) is 23.3. The van der Waals surface area contributed by atoms with Gasteiger partial charge in [-0.25, -0.2) is 9.78 Å². The van der Waals surface area contributed by atoms with E-state index in [0.29, 0.717) is 30.8 Å². The molecule has 0 saturated carbocycles. The Kier molecular flexibility index (Phi) is 14.0. The third-order valence-electron chi connectivity index (χ3n) is 6.15. The number of phenolic OH excluding ortho intramolecular Hbond substituents is 1. The molecule has 2 rings (SSSR count). The number of aromatic amines is 1. The highest BCUT2D eigenvalue weighted by molar-refractivity contribution is 7.98. The molecule has 4 atom stereocenters. The predicted molar refractivity (Wildman–Crippen MR) is 151 cm³/mol. The summed E-state index contributed by atoms with van der Waals surface area (Å²) in [6, 6.07) is 2.04. The van der Waals surface area contributed by atoms with Crippen LogP contribution in [0, 0.1) is 0 Å². The van der Waals surface area contributed by atoms with Gasteiger partial charge in [-0.2, -0.15) is 11.8 Å². The summed E-state index contributed by atoms with van der Waals surface area (Å²) in [7, 11) is 0. The fraction of sp³-hybridized carbons (Fsp3) is 0.500. The number of nitrogens with zero attached hydrogens (tertiary/aromatic N) is 1. The molecule has 10 N–H and O–H groups in total. The Bertz CT molecular complexity index is 1080. The van der Waals surface area contributed by atoms with Gasteiger partial charge in [0.1, 0.15) is 23.9 Å². The summed E-state index contributed by atoms with van der Waals surface area (Å²) in [5.74, 6) is -2.40. The average Bonchev–Trinajstić information content (AvgIpc) is 3.44. The number of nitrogens with two attached hydrogens (primary N) is 2. The van der Waals surface area contributed by atoms with Crippen molar-refractivity contribution in [3.8, 4) is 5.75 Å². The minimum absolute atomic E-state index is 0.0528. The van der Waals surface area contributed by atoms with Crippen molar-refractivity contribution in [1.82, 2.24) is 25.9 Å². The van der Waals surface area contributed by atoms with Crippen molar-refractivity contribution in [2.24, 2.45) is 11.5 Å². The van der Waals surface area contributed by atoms with E-state index in [9.17, 15) is 29.4 Å². The largest absolute Gasteiger partial charge is 0.508 e. The lowest BCUT2D eigenvalue weighted by atomic mass is 10.0. The minimum Gasteiger partial charge on any atom is -0.508 e. The predicted octanol–water partition coefficient (Wildman–Crippen LogP) is -0.351. The van der Waals surface area contributed by atoms with Crippen molar-refractivity contribution in [3.63, 3.8) is 0 Å². The number of aromatic nitrogens is 2. The molecule has 0 bridgehead atoms. The number of aromatic hydroxyl groups is 1. The van der Waals surface area contributed by atoms with Gasteiger partial charge in [0.2, 0.25) is 17.7 Å². The van der Waals surface area contributed by atoms with Crippen LogP contribution >= 0.6 is 11.8 Å². The molecule has 2 aromatic rings. The quantitative estimate of drug-likeness (QED) is 0.107. The molecule has 13 nitrogen and oxygen atoms in total. The van der Waals surface area contributed by atoms with E-state index >= 15 is 0 Å². The highest BCUT2D eigenvalue weighted by Gasteiger charge is 2.30. The molecule has 4 unspecified atom stereocenters. The summed E-state index contributed by atoms with van der Waals surface area (Å²) in [4.78, 5) is 57.9. The second-order valence-electron chi connectivity index (χ2n) is 9.35. The van der Waals surface area contributed by atoms with Gasteiger partial charge < -0.3 is 42.6 Å². The molecule has 1 heterocycles. The summed E-state index contributed by atoms with van der Waals surface area (Å²) in [5.41, 5.74) is 12.9. The first-order valence-corrected chi connectivity index (χ1v) is 14.4. The minimum atomic E-state index is -1.17. The van der Waals surface area contributed by atoms with Crippen LogP contribution in [0.3, 0.4) is 0 Å². The summed E-state index contributed by atoms with van der Waals surface area (Å²) in [5, 5.41) is 26.9. The lowest BCUT2D eigenvalue weighted by Crippen LogP contribution is -2.58. The van der Waals surface area contributed by atoms with Crippen LogP contribution in [-0.2, 0) is 32.0 Å². The van der Waals surface area contributed by atoms with Crippen LogP contribution in [0.2, 0.25) is 0 Å². The maximum absolute atomic E-state index is 13.4. The van der Waals surface area contributed by atoms with E-state index in [2.05, 4.69) is 25.9 Å². The first kappa shape index (κ1) is 32.6. The van der Waals surface area contributed by atoms with Gasteiger partial charge in [0.15, 0.2) is 0 Å². The fourth-order valence-corrected chi connectivity index (χ4v) is 4.35. The van der Waals surface area contributed by atoms with Crippen LogP contribution < -0.4 is 27.4 Å². The van der Waals surface area contributed by atoms with Crippen molar-refractivity contribution < 1.29 is 29.4 Å². The highest BCUT2D eigenvalue weighted by atomic mass is 32.2. The summed E-state index contributed by atoms with van der Waals surface area (Å²) >= 11 is 1.47. The molecule has 40 heavy (non-hydrogen) atoms. The Labute approximate surface area is 237 Å². The molecule has 14 heteroatoms. The number of H-pyrrole nitrogens is 1. The van der Waals surface area contributed by atoms with Gasteiger partial charge in [0, 0.05) is 18.3 Å². The Morgan fingerprint density at radius 1 is 0.950 bits per heavy atom. The molecule has 220 valence electrons. The number of aliphatic carboxylic acids is 1. The highest BCUT2D eigenvalue weighted by Crippen LogP contribution is 2.11. The standard InChI is InChI=1S/C26H39N7O6S/c1-40-11-9-20(24(36)32-21(26(38)39)4-2-3-10-27)31-25(37)22(13-17-14-29-15-30-17)33-23(35)19(28)12-16-5-7-18(34)8-6-16/h5-8,14-15,19-22,34H,2-4,9-13,27-28H2,1H3,(H,29,30)(H,31,37)(H,32,36)(H,33,35)(H,38,39). The summed E-state index contributed by atoms with van der Waals surface area (Å²) in [6.07, 6.45) is 6.63. The zero-order valence-electron chi connectivity index (χ0n) is 22.5. The topological polar surface area (TPSA) is 226 Å². The molecule has 1 aromatic heterocycles. The lowest BCUT2D eigenvalue weighted by molar-refractivity contribution is -0.142. The van der Waals surface area contributed by atoms with Crippen LogP contribution in [0.25, 0.3) is 0 Å². The molecule has 3 amide bonds. The molecule has 0 aliphatic heterocycles. The molecule has 0 spiro atoms. The molecule has 0 fully saturated rings. The lowest BCUT2D eigenvalue weighted by Gasteiger charge is -2.25. The Balaban J connectivity index is 2.14. The van der Waals surface area contributed by atoms with Crippen molar-refractivity contribution in [2.75, 3.05) is 18.6 Å². The van der Waals surface area contributed by atoms with Gasteiger partial charge in [0.05, 0.1) is 12.4 Å². The number of unbranched alkanes of at least 4 members (excludes halogenated alkanes) is 1. The number of imidazole rings is 1. The summed E-state index contributed by atoms with van der Waals surface area (Å²) in [6.45, 7) is 0.411. The van der Waals surface area contributed by atoms with Crippen molar-refractivity contribution >= 4 is 35.5 Å². The third-order valence-corrected chi connectivity index (χ3v) is 6.79. The van der Waals surface area contributed by atoms with E-state index in [1.54, 1.807) is 12.1 Å². The molecule has 0 radical (unpaired) electrons. The van der Waals surface area contributed by atoms with Crippen LogP contribution in [0.1, 0.15) is 36.9 Å². The number of benzene rings is 1. The van der Waals surface area contributed by atoms with E-state index in [1.807, 2.05) is 6.26 Å². The van der Waals surface area contributed by atoms with Gasteiger partial charge in [-0.15, -0.1) is 0 Å². The number of phenols is 1. The monoisotopic (exact) mass is 577 g/mol. The Morgan fingerprint density at radius 2 is 1.60 bits per heavy atom. The third kappa shape index (κ3) is 11.2. The van der Waals surface area contributed by atoms with Gasteiger partial charge in [0.25, 0.3) is 0 Å². The maximum Gasteiger partial charge on any atom is 0.326 e. The Morgan fingerprint density at radius 3 is 2.20 bits per heavy atom. The molecular formula is C26H39N7O6S. The van der Waals surface area contributed by atoms with Crippen molar-refractivity contribution in [3.05, 3.63) is 48.0 Å². The number of rotatable bonds is 18. The Hall–Kier alpha value is -3.62.